The molecule has 0 aromatic carbocycles. The number of nitrogens with zero attached hydrogens (tertiary/aromatic N) is 2. The summed E-state index contributed by atoms with van der Waals surface area (Å²) in [5.74, 6) is 0.224. The standard InChI is InChI=1S/C16H26N2O2/c19-14-13-16(7-2-1-3-8-16)15(20)18(14)12-6-11-17-9-4-5-10-17/h1-13H2. The first-order chi connectivity index (χ1) is 9.71. The molecule has 0 radical (unpaired) electrons. The van der Waals surface area contributed by atoms with Crippen LogP contribution >= 0.6 is 0 Å². The van der Waals surface area contributed by atoms with Gasteiger partial charge in [0.05, 0.1) is 5.41 Å². The van der Waals surface area contributed by atoms with Crippen molar-refractivity contribution in [3.8, 4) is 0 Å². The Morgan fingerprint density at radius 1 is 0.900 bits per heavy atom. The highest BCUT2D eigenvalue weighted by molar-refractivity contribution is 6.05. The van der Waals surface area contributed by atoms with Crippen LogP contribution in [0.25, 0.3) is 0 Å². The van der Waals surface area contributed by atoms with Crippen LogP contribution in [-0.4, -0.2) is 47.8 Å². The summed E-state index contributed by atoms with van der Waals surface area (Å²) in [4.78, 5) is 28.8. The highest BCUT2D eigenvalue weighted by Gasteiger charge is 2.51. The van der Waals surface area contributed by atoms with Crippen LogP contribution in [0.4, 0.5) is 0 Å². The zero-order chi connectivity index (χ0) is 14.0. The molecule has 0 atom stereocenters. The monoisotopic (exact) mass is 278 g/mol. The predicted molar refractivity (Wildman–Crippen MR) is 77.1 cm³/mol. The molecule has 0 bridgehead atoms. The average molecular weight is 278 g/mol. The highest BCUT2D eigenvalue weighted by Crippen LogP contribution is 2.45. The molecule has 3 aliphatic rings. The minimum Gasteiger partial charge on any atom is -0.303 e. The summed E-state index contributed by atoms with van der Waals surface area (Å²) in [5, 5.41) is 0. The SMILES string of the molecule is O=C1CC2(CCCCC2)C(=O)N1CCCN1CCCC1. The summed E-state index contributed by atoms with van der Waals surface area (Å²) in [7, 11) is 0. The van der Waals surface area contributed by atoms with Gasteiger partial charge in [0.15, 0.2) is 0 Å². The van der Waals surface area contributed by atoms with E-state index in [9.17, 15) is 9.59 Å². The van der Waals surface area contributed by atoms with Crippen LogP contribution in [-0.2, 0) is 9.59 Å². The van der Waals surface area contributed by atoms with Crippen LogP contribution in [0.3, 0.4) is 0 Å². The molecule has 2 amide bonds. The quantitative estimate of drug-likeness (QED) is 0.740. The van der Waals surface area contributed by atoms with Crippen LogP contribution in [0.15, 0.2) is 0 Å². The molecule has 1 saturated carbocycles. The highest BCUT2D eigenvalue weighted by atomic mass is 16.2. The van der Waals surface area contributed by atoms with Gasteiger partial charge in [0.25, 0.3) is 0 Å². The van der Waals surface area contributed by atoms with Gasteiger partial charge in [-0.1, -0.05) is 19.3 Å². The minimum absolute atomic E-state index is 0.0818. The van der Waals surface area contributed by atoms with Crippen LogP contribution < -0.4 is 0 Å². The molecule has 0 aromatic rings. The topological polar surface area (TPSA) is 40.6 Å². The summed E-state index contributed by atoms with van der Waals surface area (Å²) in [6, 6.07) is 0. The fourth-order valence-electron chi connectivity index (χ4n) is 4.16. The number of imide groups is 1. The van der Waals surface area contributed by atoms with Gasteiger partial charge in [0.1, 0.15) is 0 Å². The molecule has 0 N–H and O–H groups in total. The Hall–Kier alpha value is -0.900. The fraction of sp³-hybridized carbons (Fsp3) is 0.875. The lowest BCUT2D eigenvalue weighted by Gasteiger charge is -2.30. The van der Waals surface area contributed by atoms with E-state index < -0.39 is 0 Å². The molecule has 3 fully saturated rings. The number of amides is 2. The lowest BCUT2D eigenvalue weighted by molar-refractivity contribution is -0.142. The lowest BCUT2D eigenvalue weighted by atomic mass is 9.73. The summed E-state index contributed by atoms with van der Waals surface area (Å²) < 4.78 is 0. The van der Waals surface area contributed by atoms with Crippen molar-refractivity contribution in [2.45, 2.75) is 57.8 Å². The van der Waals surface area contributed by atoms with Gasteiger partial charge >= 0.3 is 0 Å². The second-order valence-corrected chi connectivity index (χ2v) is 6.77. The number of likely N-dealkylation sites (tertiary alicyclic amines) is 2. The molecule has 2 aliphatic heterocycles. The van der Waals surface area contributed by atoms with Crippen molar-refractivity contribution in [1.29, 1.82) is 0 Å². The van der Waals surface area contributed by atoms with Crippen molar-refractivity contribution in [3.63, 3.8) is 0 Å². The van der Waals surface area contributed by atoms with Crippen LogP contribution in [0, 0.1) is 5.41 Å². The molecular formula is C16H26N2O2. The second-order valence-electron chi connectivity index (χ2n) is 6.77. The van der Waals surface area contributed by atoms with Crippen LogP contribution in [0.5, 0.6) is 0 Å². The molecular weight excluding hydrogens is 252 g/mol. The lowest BCUT2D eigenvalue weighted by Crippen LogP contribution is -2.38. The van der Waals surface area contributed by atoms with Gasteiger partial charge in [-0.15, -0.1) is 0 Å². The molecule has 2 saturated heterocycles. The van der Waals surface area contributed by atoms with Crippen molar-refractivity contribution < 1.29 is 9.59 Å². The van der Waals surface area contributed by atoms with E-state index in [1.807, 2.05) is 0 Å². The first-order valence-electron chi connectivity index (χ1n) is 8.28. The molecule has 0 aromatic heterocycles. The summed E-state index contributed by atoms with van der Waals surface area (Å²) >= 11 is 0. The van der Waals surface area contributed by atoms with E-state index >= 15 is 0 Å². The summed E-state index contributed by atoms with van der Waals surface area (Å²) in [5.41, 5.74) is -0.303. The number of carbonyl (C=O) groups excluding carboxylic acids is 2. The maximum absolute atomic E-state index is 12.6. The molecule has 20 heavy (non-hydrogen) atoms. The van der Waals surface area contributed by atoms with Crippen molar-refractivity contribution in [2.24, 2.45) is 5.41 Å². The van der Waals surface area contributed by atoms with Gasteiger partial charge < -0.3 is 4.90 Å². The van der Waals surface area contributed by atoms with E-state index in [0.717, 1.165) is 38.6 Å². The van der Waals surface area contributed by atoms with E-state index in [1.165, 1.54) is 32.4 Å². The minimum atomic E-state index is -0.303. The Morgan fingerprint density at radius 2 is 1.60 bits per heavy atom. The summed E-state index contributed by atoms with van der Waals surface area (Å²) in [6.45, 7) is 4.04. The molecule has 1 spiro atoms. The maximum atomic E-state index is 12.6. The second kappa shape index (κ2) is 5.84. The van der Waals surface area contributed by atoms with E-state index in [0.29, 0.717) is 13.0 Å². The van der Waals surface area contributed by atoms with Gasteiger partial charge in [-0.2, -0.15) is 0 Å². The Labute approximate surface area is 121 Å². The van der Waals surface area contributed by atoms with Gasteiger partial charge in [-0.3, -0.25) is 14.5 Å². The zero-order valence-corrected chi connectivity index (χ0v) is 12.4. The van der Waals surface area contributed by atoms with E-state index in [2.05, 4.69) is 4.90 Å². The molecule has 2 heterocycles. The van der Waals surface area contributed by atoms with Crippen molar-refractivity contribution in [1.82, 2.24) is 9.80 Å². The average Bonchev–Trinajstić information content (AvgIpc) is 3.03. The number of rotatable bonds is 4. The Balaban J connectivity index is 1.53. The number of hydrogen-bond acceptors (Lipinski definition) is 3. The number of hydrogen-bond donors (Lipinski definition) is 0. The van der Waals surface area contributed by atoms with Gasteiger partial charge in [-0.05, 0) is 51.7 Å². The predicted octanol–water partition coefficient (Wildman–Crippen LogP) is 2.18. The van der Waals surface area contributed by atoms with Crippen molar-refractivity contribution in [2.75, 3.05) is 26.2 Å². The third-order valence-electron chi connectivity index (χ3n) is 5.35. The van der Waals surface area contributed by atoms with Crippen LogP contribution in [0.1, 0.15) is 57.8 Å². The smallest absolute Gasteiger partial charge is 0.235 e. The third-order valence-corrected chi connectivity index (χ3v) is 5.35. The largest absolute Gasteiger partial charge is 0.303 e. The van der Waals surface area contributed by atoms with Gasteiger partial charge in [0, 0.05) is 13.0 Å². The van der Waals surface area contributed by atoms with Gasteiger partial charge in [-0.25, -0.2) is 0 Å². The maximum Gasteiger partial charge on any atom is 0.235 e. The molecule has 112 valence electrons. The Morgan fingerprint density at radius 3 is 2.30 bits per heavy atom. The van der Waals surface area contributed by atoms with Crippen molar-refractivity contribution >= 4 is 11.8 Å². The molecule has 0 unspecified atom stereocenters. The van der Waals surface area contributed by atoms with Crippen LogP contribution in [0.2, 0.25) is 0 Å². The normalized spacial score (nSPS) is 26.9. The number of carbonyl (C=O) groups is 2. The van der Waals surface area contributed by atoms with Crippen molar-refractivity contribution in [3.05, 3.63) is 0 Å². The Kier molecular flexibility index (Phi) is 4.11. The first kappa shape index (κ1) is 14.1. The molecule has 3 rings (SSSR count). The van der Waals surface area contributed by atoms with E-state index in [-0.39, 0.29) is 17.2 Å². The van der Waals surface area contributed by atoms with E-state index in [1.54, 1.807) is 4.90 Å². The fourth-order valence-corrected chi connectivity index (χ4v) is 4.16. The van der Waals surface area contributed by atoms with Gasteiger partial charge in [0.2, 0.25) is 11.8 Å². The zero-order valence-electron chi connectivity index (χ0n) is 12.4. The molecule has 4 heteroatoms. The first-order valence-corrected chi connectivity index (χ1v) is 8.28. The Bertz CT molecular complexity index is 382. The third kappa shape index (κ3) is 2.62. The van der Waals surface area contributed by atoms with E-state index in [4.69, 9.17) is 0 Å². The molecule has 1 aliphatic carbocycles. The summed E-state index contributed by atoms with van der Waals surface area (Å²) in [6.07, 6.45) is 9.32. The molecule has 4 nitrogen and oxygen atoms in total.